The van der Waals surface area contributed by atoms with Crippen LogP contribution in [0.1, 0.15) is 25.1 Å². The average Bonchev–Trinajstić information content (AvgIpc) is 3.07. The van der Waals surface area contributed by atoms with Crippen molar-refractivity contribution in [3.05, 3.63) is 59.9 Å². The van der Waals surface area contributed by atoms with Gasteiger partial charge in [0.2, 0.25) is 0 Å². The molecule has 0 fully saturated rings. The van der Waals surface area contributed by atoms with Crippen LogP contribution in [0.25, 0.3) is 17.1 Å². The van der Waals surface area contributed by atoms with E-state index in [1.165, 1.54) is 12.1 Å². The molecule has 0 aliphatic carbocycles. The molecule has 0 amide bonds. The molecule has 1 aromatic carbocycles. The summed E-state index contributed by atoms with van der Waals surface area (Å²) in [5.74, 6) is 0.551. The van der Waals surface area contributed by atoms with Crippen LogP contribution in [-0.2, 0) is 22.4 Å². The highest BCUT2D eigenvalue weighted by atomic mass is 32.2. The van der Waals surface area contributed by atoms with Crippen LogP contribution in [0.5, 0.6) is 0 Å². The minimum absolute atomic E-state index is 0.0240. The lowest BCUT2D eigenvalue weighted by atomic mass is 10.0. The fourth-order valence-electron chi connectivity index (χ4n) is 2.90. The van der Waals surface area contributed by atoms with Crippen molar-refractivity contribution in [2.45, 2.75) is 31.3 Å². The lowest BCUT2D eigenvalue weighted by Gasteiger charge is -2.09. The Morgan fingerprint density at radius 2 is 1.72 bits per heavy atom. The third-order valence-corrected chi connectivity index (χ3v) is 5.36. The SMILES string of the molecule is CC(C)Cc1ccc(-c2cc(C(F)(F)F)nn2-c2ccc(S(C)(=O)=O)cn2)cc1. The van der Waals surface area contributed by atoms with Crippen molar-refractivity contribution in [2.24, 2.45) is 5.92 Å². The van der Waals surface area contributed by atoms with Crippen molar-refractivity contribution in [1.82, 2.24) is 14.8 Å². The summed E-state index contributed by atoms with van der Waals surface area (Å²) in [7, 11) is -3.47. The summed E-state index contributed by atoms with van der Waals surface area (Å²) >= 11 is 0. The maximum absolute atomic E-state index is 13.3. The van der Waals surface area contributed by atoms with Crippen LogP contribution in [0.2, 0.25) is 0 Å². The molecule has 2 aromatic heterocycles. The van der Waals surface area contributed by atoms with Crippen LogP contribution in [0.15, 0.2) is 53.6 Å². The predicted octanol–water partition coefficient (Wildman–Crippen LogP) is 4.56. The first-order valence-electron chi connectivity index (χ1n) is 8.88. The molecule has 0 unspecified atom stereocenters. The number of hydrogen-bond donors (Lipinski definition) is 0. The summed E-state index contributed by atoms with van der Waals surface area (Å²) in [4.78, 5) is 3.98. The molecule has 5 nitrogen and oxygen atoms in total. The molecule has 0 aliphatic heterocycles. The van der Waals surface area contributed by atoms with E-state index in [1.54, 1.807) is 12.1 Å². The van der Waals surface area contributed by atoms with Crippen molar-refractivity contribution in [3.63, 3.8) is 0 Å². The second-order valence-corrected chi connectivity index (χ2v) is 9.26. The van der Waals surface area contributed by atoms with Gasteiger partial charge in [0.1, 0.15) is 0 Å². The Morgan fingerprint density at radius 3 is 2.21 bits per heavy atom. The average molecular weight is 423 g/mol. The van der Waals surface area contributed by atoms with Gasteiger partial charge in [-0.15, -0.1) is 0 Å². The molecule has 0 aliphatic rings. The van der Waals surface area contributed by atoms with E-state index >= 15 is 0 Å². The van der Waals surface area contributed by atoms with E-state index in [4.69, 9.17) is 0 Å². The zero-order valence-electron chi connectivity index (χ0n) is 16.1. The molecule has 2 heterocycles. The zero-order valence-corrected chi connectivity index (χ0v) is 16.9. The Kier molecular flexibility index (Phi) is 5.53. The van der Waals surface area contributed by atoms with Crippen LogP contribution in [-0.4, -0.2) is 29.4 Å². The number of pyridine rings is 1. The third-order valence-electron chi connectivity index (χ3n) is 4.26. The summed E-state index contributed by atoms with van der Waals surface area (Å²) < 4.78 is 64.1. The van der Waals surface area contributed by atoms with Gasteiger partial charge < -0.3 is 0 Å². The lowest BCUT2D eigenvalue weighted by molar-refractivity contribution is -0.141. The van der Waals surface area contributed by atoms with E-state index in [9.17, 15) is 21.6 Å². The van der Waals surface area contributed by atoms with E-state index in [2.05, 4.69) is 23.9 Å². The summed E-state index contributed by atoms with van der Waals surface area (Å²) in [5, 5.41) is 3.67. The number of benzene rings is 1. The fourth-order valence-corrected chi connectivity index (χ4v) is 3.46. The first-order valence-corrected chi connectivity index (χ1v) is 10.8. The highest BCUT2D eigenvalue weighted by Crippen LogP contribution is 2.33. The van der Waals surface area contributed by atoms with Crippen LogP contribution in [0.3, 0.4) is 0 Å². The minimum Gasteiger partial charge on any atom is -0.236 e. The largest absolute Gasteiger partial charge is 0.435 e. The van der Waals surface area contributed by atoms with Crippen LogP contribution in [0, 0.1) is 5.92 Å². The quantitative estimate of drug-likeness (QED) is 0.604. The molecule has 0 radical (unpaired) electrons. The Balaban J connectivity index is 2.08. The molecular formula is C20H20F3N3O2S. The maximum Gasteiger partial charge on any atom is 0.435 e. The van der Waals surface area contributed by atoms with Gasteiger partial charge in [-0.05, 0) is 36.1 Å². The Morgan fingerprint density at radius 1 is 1.07 bits per heavy atom. The van der Waals surface area contributed by atoms with Crippen molar-refractivity contribution in [2.75, 3.05) is 6.26 Å². The highest BCUT2D eigenvalue weighted by Gasteiger charge is 2.35. The van der Waals surface area contributed by atoms with Gasteiger partial charge in [0, 0.05) is 18.0 Å². The van der Waals surface area contributed by atoms with Gasteiger partial charge >= 0.3 is 6.18 Å². The van der Waals surface area contributed by atoms with Crippen LogP contribution >= 0.6 is 0 Å². The van der Waals surface area contributed by atoms with Gasteiger partial charge in [0.25, 0.3) is 0 Å². The highest BCUT2D eigenvalue weighted by molar-refractivity contribution is 7.90. The summed E-state index contributed by atoms with van der Waals surface area (Å²) in [5.41, 5.74) is 0.803. The number of aromatic nitrogens is 3. The monoisotopic (exact) mass is 423 g/mol. The standard InChI is InChI=1S/C20H20F3N3O2S/c1-13(2)10-14-4-6-15(7-5-14)17-11-18(20(21,22)23)25-26(17)19-9-8-16(12-24-19)29(3,27)28/h4-9,11-13H,10H2,1-3H3. The Hall–Kier alpha value is -2.68. The molecule has 3 aromatic rings. The van der Waals surface area contributed by atoms with Gasteiger partial charge in [-0.2, -0.15) is 18.3 Å². The Bertz CT molecular complexity index is 1100. The second kappa shape index (κ2) is 7.62. The maximum atomic E-state index is 13.3. The van der Waals surface area contributed by atoms with E-state index in [0.717, 1.165) is 35.2 Å². The number of alkyl halides is 3. The van der Waals surface area contributed by atoms with E-state index in [0.29, 0.717) is 11.5 Å². The number of halogens is 3. The summed E-state index contributed by atoms with van der Waals surface area (Å²) in [6, 6.07) is 10.8. The van der Waals surface area contributed by atoms with Gasteiger partial charge in [-0.1, -0.05) is 38.1 Å². The van der Waals surface area contributed by atoms with E-state index < -0.39 is 21.7 Å². The molecule has 0 saturated heterocycles. The molecule has 0 bridgehead atoms. The summed E-state index contributed by atoms with van der Waals surface area (Å²) in [6.45, 7) is 4.18. The van der Waals surface area contributed by atoms with Crippen molar-refractivity contribution in [3.8, 4) is 17.1 Å². The third kappa shape index (κ3) is 4.84. The molecule has 0 atom stereocenters. The zero-order chi connectivity index (χ0) is 21.4. The van der Waals surface area contributed by atoms with Gasteiger partial charge in [-0.3, -0.25) is 0 Å². The number of sulfone groups is 1. The van der Waals surface area contributed by atoms with Crippen molar-refractivity contribution < 1.29 is 21.6 Å². The van der Waals surface area contributed by atoms with E-state index in [-0.39, 0.29) is 16.4 Å². The Labute approximate surface area is 167 Å². The molecule has 9 heteroatoms. The normalized spacial score (nSPS) is 12.5. The number of nitrogens with zero attached hydrogens (tertiary/aromatic N) is 3. The molecule has 29 heavy (non-hydrogen) atoms. The molecule has 0 N–H and O–H groups in total. The molecule has 0 saturated carbocycles. The molecule has 0 spiro atoms. The topological polar surface area (TPSA) is 64.8 Å². The number of rotatable bonds is 5. The minimum atomic E-state index is -4.62. The molecule has 154 valence electrons. The fraction of sp³-hybridized carbons (Fsp3) is 0.300. The summed E-state index contributed by atoms with van der Waals surface area (Å²) in [6.07, 6.45) is -1.62. The van der Waals surface area contributed by atoms with E-state index in [1.807, 2.05) is 12.1 Å². The van der Waals surface area contributed by atoms with Crippen LogP contribution < -0.4 is 0 Å². The first-order chi connectivity index (χ1) is 13.4. The second-order valence-electron chi connectivity index (χ2n) is 7.24. The molecular weight excluding hydrogens is 403 g/mol. The van der Waals surface area contributed by atoms with Gasteiger partial charge in [0.15, 0.2) is 21.3 Å². The first kappa shape index (κ1) is 21.0. The van der Waals surface area contributed by atoms with Crippen molar-refractivity contribution >= 4 is 9.84 Å². The van der Waals surface area contributed by atoms with Gasteiger partial charge in [0.05, 0.1) is 10.6 Å². The number of hydrogen-bond acceptors (Lipinski definition) is 4. The van der Waals surface area contributed by atoms with Crippen LogP contribution in [0.4, 0.5) is 13.2 Å². The van der Waals surface area contributed by atoms with Gasteiger partial charge in [-0.25, -0.2) is 18.1 Å². The molecule has 3 rings (SSSR count). The smallest absolute Gasteiger partial charge is 0.236 e. The van der Waals surface area contributed by atoms with Crippen molar-refractivity contribution in [1.29, 1.82) is 0 Å². The lowest BCUT2D eigenvalue weighted by Crippen LogP contribution is -2.08. The predicted molar refractivity (Wildman–Crippen MR) is 103 cm³/mol.